The summed E-state index contributed by atoms with van der Waals surface area (Å²) in [6.07, 6.45) is -3.08. The van der Waals surface area contributed by atoms with Gasteiger partial charge in [0.1, 0.15) is 0 Å². The number of nitrogens with one attached hydrogen (secondary N) is 1. The summed E-state index contributed by atoms with van der Waals surface area (Å²) in [6, 6.07) is 5.12. The number of halogens is 3. The fourth-order valence-corrected chi connectivity index (χ4v) is 3.89. The van der Waals surface area contributed by atoms with E-state index in [4.69, 9.17) is 0 Å². The molecular formula is C17H21F3N4S. The van der Waals surface area contributed by atoms with E-state index in [1.165, 1.54) is 30.1 Å². The number of hydrogen-bond acceptors (Lipinski definition) is 5. The lowest BCUT2D eigenvalue weighted by Gasteiger charge is -2.34. The molecule has 0 radical (unpaired) electrons. The SMILES string of the molecule is CC1CC(C)CN(c2nc(NCc3ccc(C(F)(F)F)cc3)ns2)C1. The summed E-state index contributed by atoms with van der Waals surface area (Å²) in [5.41, 5.74) is 0.114. The van der Waals surface area contributed by atoms with Gasteiger partial charge in [-0.2, -0.15) is 22.5 Å². The second-order valence-electron chi connectivity index (χ2n) is 6.80. The molecule has 2 atom stereocenters. The summed E-state index contributed by atoms with van der Waals surface area (Å²) in [5, 5.41) is 3.98. The molecule has 4 nitrogen and oxygen atoms in total. The molecule has 2 heterocycles. The van der Waals surface area contributed by atoms with E-state index in [2.05, 4.69) is 33.4 Å². The van der Waals surface area contributed by atoms with Gasteiger partial charge in [-0.1, -0.05) is 26.0 Å². The Balaban J connectivity index is 1.58. The van der Waals surface area contributed by atoms with E-state index in [1.54, 1.807) is 0 Å². The maximum atomic E-state index is 12.6. The van der Waals surface area contributed by atoms with Gasteiger partial charge in [0.15, 0.2) is 0 Å². The highest BCUT2D eigenvalue weighted by molar-refractivity contribution is 7.09. The van der Waals surface area contributed by atoms with Crippen molar-refractivity contribution in [1.29, 1.82) is 0 Å². The van der Waals surface area contributed by atoms with Crippen molar-refractivity contribution in [3.05, 3.63) is 35.4 Å². The molecule has 1 aromatic heterocycles. The van der Waals surface area contributed by atoms with Gasteiger partial charge in [-0.25, -0.2) is 0 Å². The monoisotopic (exact) mass is 370 g/mol. The van der Waals surface area contributed by atoms with Crippen LogP contribution in [0.5, 0.6) is 0 Å². The van der Waals surface area contributed by atoms with Crippen LogP contribution in [0.1, 0.15) is 31.4 Å². The summed E-state index contributed by atoms with van der Waals surface area (Å²) in [4.78, 5) is 6.78. The largest absolute Gasteiger partial charge is 0.416 e. The van der Waals surface area contributed by atoms with Gasteiger partial charge in [0.05, 0.1) is 5.56 Å². The first-order chi connectivity index (χ1) is 11.8. The molecule has 1 aromatic carbocycles. The van der Waals surface area contributed by atoms with Crippen molar-refractivity contribution in [2.24, 2.45) is 11.8 Å². The van der Waals surface area contributed by atoms with Gasteiger partial charge in [-0.3, -0.25) is 0 Å². The Morgan fingerprint density at radius 3 is 2.40 bits per heavy atom. The summed E-state index contributed by atoms with van der Waals surface area (Å²) in [7, 11) is 0. The Hall–Kier alpha value is -1.83. The Morgan fingerprint density at radius 1 is 1.16 bits per heavy atom. The smallest absolute Gasteiger partial charge is 0.349 e. The molecular weight excluding hydrogens is 349 g/mol. The molecule has 0 spiro atoms. The molecule has 0 bridgehead atoms. The number of benzene rings is 1. The summed E-state index contributed by atoms with van der Waals surface area (Å²) in [6.45, 7) is 6.85. The normalized spacial score (nSPS) is 21.4. The molecule has 1 aliphatic rings. The van der Waals surface area contributed by atoms with E-state index in [-0.39, 0.29) is 0 Å². The Labute approximate surface area is 149 Å². The fraction of sp³-hybridized carbons (Fsp3) is 0.529. The van der Waals surface area contributed by atoms with Crippen LogP contribution < -0.4 is 10.2 Å². The standard InChI is InChI=1S/C17H21F3N4S/c1-11-7-12(2)10-24(9-11)16-22-15(23-25-16)21-8-13-3-5-14(6-4-13)17(18,19)20/h3-6,11-12H,7-10H2,1-2H3,(H,21,23). The molecule has 1 aliphatic heterocycles. The van der Waals surface area contributed by atoms with Crippen molar-refractivity contribution in [3.8, 4) is 0 Å². The lowest BCUT2D eigenvalue weighted by molar-refractivity contribution is -0.137. The van der Waals surface area contributed by atoms with E-state index in [0.717, 1.165) is 35.9 Å². The first kappa shape index (κ1) is 18.0. The molecule has 1 saturated heterocycles. The molecule has 3 rings (SSSR count). The topological polar surface area (TPSA) is 41.1 Å². The zero-order valence-electron chi connectivity index (χ0n) is 14.2. The van der Waals surface area contributed by atoms with Crippen molar-refractivity contribution < 1.29 is 13.2 Å². The minimum Gasteiger partial charge on any atom is -0.349 e. The number of anilines is 2. The Morgan fingerprint density at radius 2 is 1.80 bits per heavy atom. The van der Waals surface area contributed by atoms with E-state index in [0.29, 0.717) is 24.3 Å². The number of rotatable bonds is 4. The number of aromatic nitrogens is 2. The number of nitrogens with zero attached hydrogens (tertiary/aromatic N) is 3. The zero-order chi connectivity index (χ0) is 18.0. The van der Waals surface area contributed by atoms with Crippen LogP contribution in [0, 0.1) is 11.8 Å². The third kappa shape index (κ3) is 4.62. The van der Waals surface area contributed by atoms with E-state index in [1.807, 2.05) is 0 Å². The van der Waals surface area contributed by atoms with Crippen LogP contribution in [0.15, 0.2) is 24.3 Å². The third-order valence-electron chi connectivity index (χ3n) is 4.29. The summed E-state index contributed by atoms with van der Waals surface area (Å²) in [5.74, 6) is 1.79. The molecule has 8 heteroatoms. The molecule has 2 unspecified atom stereocenters. The second-order valence-corrected chi connectivity index (χ2v) is 7.53. The molecule has 136 valence electrons. The van der Waals surface area contributed by atoms with Crippen LogP contribution in [0.2, 0.25) is 0 Å². The Bertz CT molecular complexity index is 689. The minimum absolute atomic E-state index is 0.390. The van der Waals surface area contributed by atoms with E-state index < -0.39 is 11.7 Å². The summed E-state index contributed by atoms with van der Waals surface area (Å²) >= 11 is 1.35. The fourth-order valence-electron chi connectivity index (χ4n) is 3.23. The van der Waals surface area contributed by atoms with Crippen LogP contribution in [-0.4, -0.2) is 22.4 Å². The molecule has 0 aliphatic carbocycles. The molecule has 25 heavy (non-hydrogen) atoms. The Kier molecular flexibility index (Phi) is 5.17. The van der Waals surface area contributed by atoms with Gasteiger partial charge >= 0.3 is 6.18 Å². The second kappa shape index (κ2) is 7.19. The highest BCUT2D eigenvalue weighted by Crippen LogP contribution is 2.30. The molecule has 2 aromatic rings. The third-order valence-corrected chi connectivity index (χ3v) is 5.06. The van der Waals surface area contributed by atoms with Crippen molar-refractivity contribution in [3.63, 3.8) is 0 Å². The first-order valence-corrected chi connectivity index (χ1v) is 9.07. The first-order valence-electron chi connectivity index (χ1n) is 8.30. The molecule has 1 fully saturated rings. The van der Waals surface area contributed by atoms with Crippen LogP contribution in [0.25, 0.3) is 0 Å². The number of hydrogen-bond donors (Lipinski definition) is 1. The van der Waals surface area contributed by atoms with Gasteiger partial charge in [-0.15, -0.1) is 0 Å². The van der Waals surface area contributed by atoms with Crippen molar-refractivity contribution >= 4 is 22.6 Å². The highest BCUT2D eigenvalue weighted by atomic mass is 32.1. The highest BCUT2D eigenvalue weighted by Gasteiger charge is 2.30. The van der Waals surface area contributed by atoms with Crippen LogP contribution in [-0.2, 0) is 12.7 Å². The van der Waals surface area contributed by atoms with Crippen molar-refractivity contribution in [2.75, 3.05) is 23.3 Å². The van der Waals surface area contributed by atoms with Gasteiger partial charge in [0, 0.05) is 31.2 Å². The number of alkyl halides is 3. The average Bonchev–Trinajstić information content (AvgIpc) is 3.00. The molecule has 0 amide bonds. The molecule has 1 N–H and O–H groups in total. The van der Waals surface area contributed by atoms with Crippen LogP contribution in [0.3, 0.4) is 0 Å². The van der Waals surface area contributed by atoms with Gasteiger partial charge < -0.3 is 10.2 Å². The van der Waals surface area contributed by atoms with Crippen molar-refractivity contribution in [1.82, 2.24) is 9.36 Å². The van der Waals surface area contributed by atoms with Gasteiger partial charge in [-0.05, 0) is 36.0 Å². The molecule has 0 saturated carbocycles. The van der Waals surface area contributed by atoms with Crippen LogP contribution >= 0.6 is 11.5 Å². The van der Waals surface area contributed by atoms with Crippen molar-refractivity contribution in [2.45, 2.75) is 33.0 Å². The number of piperidine rings is 1. The average molecular weight is 370 g/mol. The van der Waals surface area contributed by atoms with Gasteiger partial charge in [0.2, 0.25) is 11.1 Å². The van der Waals surface area contributed by atoms with Gasteiger partial charge in [0.25, 0.3) is 0 Å². The zero-order valence-corrected chi connectivity index (χ0v) is 15.0. The minimum atomic E-state index is -4.31. The summed E-state index contributed by atoms with van der Waals surface area (Å²) < 4.78 is 42.0. The maximum Gasteiger partial charge on any atom is 0.416 e. The predicted molar refractivity (Wildman–Crippen MR) is 93.8 cm³/mol. The maximum absolute atomic E-state index is 12.6. The van der Waals surface area contributed by atoms with E-state index >= 15 is 0 Å². The lowest BCUT2D eigenvalue weighted by atomic mass is 9.92. The van der Waals surface area contributed by atoms with E-state index in [9.17, 15) is 13.2 Å². The lowest BCUT2D eigenvalue weighted by Crippen LogP contribution is -2.38. The quantitative estimate of drug-likeness (QED) is 0.850. The van der Waals surface area contributed by atoms with Crippen LogP contribution in [0.4, 0.5) is 24.3 Å². The predicted octanol–water partition coefficient (Wildman–Crippen LogP) is 4.65.